The third kappa shape index (κ3) is 5.29. The number of benzene rings is 4. The van der Waals surface area contributed by atoms with E-state index < -0.39 is 9.85 Å². The summed E-state index contributed by atoms with van der Waals surface area (Å²) in [5.41, 5.74) is 2.12. The van der Waals surface area contributed by atoms with Crippen LogP contribution in [0.2, 0.25) is 0 Å². The summed E-state index contributed by atoms with van der Waals surface area (Å²) in [7, 11) is 5.33. The Hall–Kier alpha value is -4.02. The van der Waals surface area contributed by atoms with E-state index in [-0.39, 0.29) is 11.4 Å². The molecule has 0 saturated heterocycles. The minimum Gasteiger partial charge on any atom is -0.497 e. The molecule has 0 amide bonds. The van der Waals surface area contributed by atoms with Crippen molar-refractivity contribution in [2.75, 3.05) is 14.2 Å². The first-order chi connectivity index (χ1) is 17.4. The van der Waals surface area contributed by atoms with E-state index >= 15 is 0 Å². The zero-order valence-electron chi connectivity index (χ0n) is 19.2. The van der Waals surface area contributed by atoms with E-state index in [9.17, 15) is 20.2 Å². The van der Waals surface area contributed by atoms with Gasteiger partial charge in [0.2, 0.25) is 0 Å². The number of ether oxygens (including phenoxy) is 2. The maximum Gasteiger partial charge on any atom is 0.291 e. The third-order valence-electron chi connectivity index (χ3n) is 5.39. The van der Waals surface area contributed by atoms with E-state index in [4.69, 9.17) is 9.47 Å². The third-order valence-corrected chi connectivity index (χ3v) is 7.82. The molecular weight excluding hydrogens is 500 g/mol. The maximum absolute atomic E-state index is 12.1. The quantitative estimate of drug-likeness (QED) is 0.126. The maximum atomic E-state index is 12.1. The van der Waals surface area contributed by atoms with Crippen LogP contribution in [0.3, 0.4) is 0 Å². The van der Waals surface area contributed by atoms with Crippen molar-refractivity contribution in [3.05, 3.63) is 105 Å². The van der Waals surface area contributed by atoms with Gasteiger partial charge in [0.25, 0.3) is 11.4 Å². The van der Waals surface area contributed by atoms with Crippen LogP contribution in [0.15, 0.2) is 94.7 Å². The van der Waals surface area contributed by atoms with Crippen LogP contribution >= 0.6 is 21.6 Å². The summed E-state index contributed by atoms with van der Waals surface area (Å²) < 4.78 is 10.4. The summed E-state index contributed by atoms with van der Waals surface area (Å²) in [4.78, 5) is 24.0. The first kappa shape index (κ1) is 25.1. The Morgan fingerprint density at radius 2 is 0.944 bits per heavy atom. The fourth-order valence-corrected chi connectivity index (χ4v) is 5.97. The van der Waals surface area contributed by atoms with Crippen LogP contribution in [0, 0.1) is 20.2 Å². The highest BCUT2D eigenvalue weighted by Gasteiger charge is 2.25. The van der Waals surface area contributed by atoms with Crippen molar-refractivity contribution in [2.45, 2.75) is 9.79 Å². The van der Waals surface area contributed by atoms with Gasteiger partial charge in [-0.2, -0.15) is 0 Å². The normalized spacial score (nSPS) is 10.6. The van der Waals surface area contributed by atoms with E-state index in [1.165, 1.54) is 0 Å². The number of methoxy groups -OCH3 is 2. The molecule has 0 fully saturated rings. The summed E-state index contributed by atoms with van der Waals surface area (Å²) in [6.45, 7) is 0. The summed E-state index contributed by atoms with van der Waals surface area (Å²) >= 11 is 0. The smallest absolute Gasteiger partial charge is 0.291 e. The molecule has 10 heteroatoms. The van der Waals surface area contributed by atoms with Gasteiger partial charge in [-0.3, -0.25) is 20.2 Å². The second-order valence-electron chi connectivity index (χ2n) is 7.44. The first-order valence-corrected chi connectivity index (χ1v) is 12.8. The molecule has 8 nitrogen and oxygen atoms in total. The van der Waals surface area contributed by atoms with Crippen LogP contribution in [-0.2, 0) is 0 Å². The fraction of sp³-hybridized carbons (Fsp3) is 0.0769. The van der Waals surface area contributed by atoms with Crippen molar-refractivity contribution in [1.82, 2.24) is 0 Å². The van der Waals surface area contributed by atoms with E-state index in [1.54, 1.807) is 99.1 Å². The Morgan fingerprint density at radius 3 is 1.25 bits per heavy atom. The van der Waals surface area contributed by atoms with Gasteiger partial charge in [0.05, 0.1) is 45.0 Å². The van der Waals surface area contributed by atoms with Gasteiger partial charge in [-0.1, -0.05) is 36.4 Å². The van der Waals surface area contributed by atoms with Gasteiger partial charge in [0.15, 0.2) is 0 Å². The number of hydrogen-bond donors (Lipinski definition) is 0. The van der Waals surface area contributed by atoms with Crippen LogP contribution in [0.1, 0.15) is 0 Å². The van der Waals surface area contributed by atoms with Crippen LogP contribution in [0.5, 0.6) is 11.5 Å². The number of rotatable bonds is 9. The lowest BCUT2D eigenvalue weighted by atomic mass is 10.0. The summed E-state index contributed by atoms with van der Waals surface area (Å²) in [6.07, 6.45) is 0. The van der Waals surface area contributed by atoms with Gasteiger partial charge < -0.3 is 9.47 Å². The Bertz CT molecular complexity index is 1300. The molecule has 4 aromatic rings. The predicted molar refractivity (Wildman–Crippen MR) is 142 cm³/mol. The van der Waals surface area contributed by atoms with Gasteiger partial charge in [0.1, 0.15) is 11.5 Å². The molecule has 0 aliphatic carbocycles. The van der Waals surface area contributed by atoms with E-state index in [1.807, 2.05) is 0 Å². The molecule has 0 saturated carbocycles. The largest absolute Gasteiger partial charge is 0.497 e. The van der Waals surface area contributed by atoms with E-state index in [2.05, 4.69) is 0 Å². The first-order valence-electron chi connectivity index (χ1n) is 10.6. The number of nitro groups is 2. The molecule has 0 bridgehead atoms. The second kappa shape index (κ2) is 11.1. The lowest BCUT2D eigenvalue weighted by Gasteiger charge is -2.10. The van der Waals surface area contributed by atoms with Crippen molar-refractivity contribution < 1.29 is 19.3 Å². The van der Waals surface area contributed by atoms with Gasteiger partial charge in [-0.25, -0.2) is 0 Å². The Balaban J connectivity index is 1.69. The molecular formula is C26H20N2O6S2. The Labute approximate surface area is 215 Å². The minimum absolute atomic E-state index is 0.0610. The molecule has 0 radical (unpaired) electrons. The topological polar surface area (TPSA) is 105 Å². The van der Waals surface area contributed by atoms with Gasteiger partial charge in [-0.05, 0) is 81.2 Å². The highest BCUT2D eigenvalue weighted by atomic mass is 33.1. The molecule has 0 spiro atoms. The number of nitro benzene ring substituents is 2. The second-order valence-corrected chi connectivity index (χ2v) is 9.66. The molecule has 0 unspecified atom stereocenters. The Morgan fingerprint density at radius 1 is 0.583 bits per heavy atom. The number of nitrogens with zero attached hydrogens (tertiary/aromatic N) is 2. The van der Waals surface area contributed by atoms with E-state index in [0.29, 0.717) is 43.5 Å². The zero-order valence-corrected chi connectivity index (χ0v) is 20.9. The fourth-order valence-electron chi connectivity index (χ4n) is 3.65. The van der Waals surface area contributed by atoms with Gasteiger partial charge in [0, 0.05) is 0 Å². The van der Waals surface area contributed by atoms with Crippen molar-refractivity contribution in [1.29, 1.82) is 0 Å². The summed E-state index contributed by atoms with van der Waals surface area (Å²) in [6, 6.07) is 24.1. The zero-order chi connectivity index (χ0) is 25.7. The molecule has 0 aliphatic heterocycles. The van der Waals surface area contributed by atoms with Crippen LogP contribution in [0.25, 0.3) is 22.3 Å². The van der Waals surface area contributed by atoms with Crippen molar-refractivity contribution in [3.63, 3.8) is 0 Å². The average molecular weight is 521 g/mol. The lowest BCUT2D eigenvalue weighted by molar-refractivity contribution is -0.387. The minimum atomic E-state index is -0.426. The highest BCUT2D eigenvalue weighted by molar-refractivity contribution is 8.76. The van der Waals surface area contributed by atoms with Crippen molar-refractivity contribution >= 4 is 33.0 Å². The lowest BCUT2D eigenvalue weighted by Crippen LogP contribution is -1.95. The molecule has 36 heavy (non-hydrogen) atoms. The summed E-state index contributed by atoms with van der Waals surface area (Å²) in [5, 5.41) is 24.1. The highest BCUT2D eigenvalue weighted by Crippen LogP contribution is 2.49. The molecule has 0 aromatic heterocycles. The molecule has 4 rings (SSSR count). The number of para-hydroxylation sites is 2. The van der Waals surface area contributed by atoms with Crippen LogP contribution in [-0.4, -0.2) is 24.1 Å². The van der Waals surface area contributed by atoms with Crippen LogP contribution < -0.4 is 9.47 Å². The molecule has 0 N–H and O–H groups in total. The predicted octanol–water partition coefficient (Wildman–Crippen LogP) is 7.65. The molecule has 182 valence electrons. The molecule has 0 aliphatic rings. The van der Waals surface area contributed by atoms with Gasteiger partial charge in [-0.15, -0.1) is 0 Å². The summed E-state index contributed by atoms with van der Waals surface area (Å²) in [5.74, 6) is 1.29. The standard InChI is InChI=1S/C26H20N2O6S2/c1-33-19-13-9-17(10-14-19)21-5-3-7-23(25(21)27(29)30)35-36-24-8-4-6-22(26(24)28(31)32)18-11-15-20(34-2)16-12-18/h3-16H,1-2H3. The van der Waals surface area contributed by atoms with Crippen molar-refractivity contribution in [2.24, 2.45) is 0 Å². The SMILES string of the molecule is COc1ccc(-c2cccc(SSc3cccc(-c4ccc(OC)cc4)c3[N+](=O)[O-])c2[N+](=O)[O-])cc1. The molecule has 0 atom stereocenters. The van der Waals surface area contributed by atoms with Gasteiger partial charge >= 0.3 is 0 Å². The van der Waals surface area contributed by atoms with Crippen LogP contribution in [0.4, 0.5) is 11.4 Å². The molecule has 4 aromatic carbocycles. The van der Waals surface area contributed by atoms with E-state index in [0.717, 1.165) is 21.6 Å². The molecule has 0 heterocycles. The van der Waals surface area contributed by atoms with Crippen molar-refractivity contribution in [3.8, 4) is 33.8 Å². The Kier molecular flexibility index (Phi) is 7.77. The average Bonchev–Trinajstić information content (AvgIpc) is 2.91. The monoisotopic (exact) mass is 520 g/mol. The number of hydrogen-bond acceptors (Lipinski definition) is 8.